The van der Waals surface area contributed by atoms with Crippen molar-refractivity contribution in [3.8, 4) is 5.88 Å². The number of hydrogen-bond acceptors (Lipinski definition) is 3. The predicted molar refractivity (Wildman–Crippen MR) is 49.8 cm³/mol. The van der Waals surface area contributed by atoms with E-state index in [9.17, 15) is 13.2 Å². The largest absolute Gasteiger partial charge is 0.477 e. The van der Waals surface area contributed by atoms with Crippen LogP contribution in [0.2, 0.25) is 5.15 Å². The summed E-state index contributed by atoms with van der Waals surface area (Å²) in [7, 11) is 0. The number of anilines is 1. The van der Waals surface area contributed by atoms with Crippen LogP contribution in [0.15, 0.2) is 12.1 Å². The number of nitrogen functional groups attached to an aromatic ring is 1. The van der Waals surface area contributed by atoms with Gasteiger partial charge < -0.3 is 10.5 Å². The van der Waals surface area contributed by atoms with Crippen LogP contribution >= 0.6 is 11.6 Å². The fourth-order valence-electron chi connectivity index (χ4n) is 0.837. The minimum Gasteiger partial charge on any atom is -0.477 e. The first-order valence-electron chi connectivity index (χ1n) is 3.99. The lowest BCUT2D eigenvalue weighted by atomic mass is 10.4. The van der Waals surface area contributed by atoms with Gasteiger partial charge in [-0.25, -0.2) is 4.98 Å². The molecule has 7 heteroatoms. The normalized spacial score (nSPS) is 11.5. The molecule has 84 valence electrons. The molecule has 0 aliphatic carbocycles. The fraction of sp³-hybridized carbons (Fsp3) is 0.375. The van der Waals surface area contributed by atoms with Gasteiger partial charge >= 0.3 is 6.18 Å². The maximum atomic E-state index is 11.8. The number of halogens is 4. The first-order chi connectivity index (χ1) is 6.87. The molecule has 1 aromatic rings. The van der Waals surface area contributed by atoms with Crippen LogP contribution in [0.5, 0.6) is 5.88 Å². The van der Waals surface area contributed by atoms with E-state index in [1.165, 1.54) is 12.1 Å². The highest BCUT2D eigenvalue weighted by Crippen LogP contribution is 2.21. The number of ether oxygens (including phenoxy) is 1. The topological polar surface area (TPSA) is 48.1 Å². The number of rotatable bonds is 3. The molecule has 0 saturated heterocycles. The third-order valence-electron chi connectivity index (χ3n) is 1.43. The monoisotopic (exact) mass is 240 g/mol. The standard InChI is InChI=1S/C8H8ClF3N2O/c9-6-3-5(13)4-7(14-6)15-2-1-8(10,11)12/h3-4H,1-2H2,(H2,13,14). The van der Waals surface area contributed by atoms with Gasteiger partial charge in [-0.05, 0) is 6.07 Å². The zero-order valence-electron chi connectivity index (χ0n) is 7.51. The summed E-state index contributed by atoms with van der Waals surface area (Å²) in [5.74, 6) is -0.00995. The second-order valence-corrected chi connectivity index (χ2v) is 3.16. The first kappa shape index (κ1) is 11.9. The van der Waals surface area contributed by atoms with Crippen LogP contribution in [0.4, 0.5) is 18.9 Å². The highest BCUT2D eigenvalue weighted by molar-refractivity contribution is 6.29. The molecule has 0 aromatic carbocycles. The molecule has 0 spiro atoms. The van der Waals surface area contributed by atoms with Crippen LogP contribution < -0.4 is 10.5 Å². The van der Waals surface area contributed by atoms with E-state index in [0.29, 0.717) is 0 Å². The van der Waals surface area contributed by atoms with Gasteiger partial charge in [-0.3, -0.25) is 0 Å². The maximum Gasteiger partial charge on any atom is 0.392 e. The Kier molecular flexibility index (Phi) is 3.62. The molecule has 2 N–H and O–H groups in total. The van der Waals surface area contributed by atoms with Crippen molar-refractivity contribution in [2.24, 2.45) is 0 Å². The lowest BCUT2D eigenvalue weighted by Crippen LogP contribution is -2.13. The molecular formula is C8H8ClF3N2O. The van der Waals surface area contributed by atoms with Gasteiger partial charge in [0.15, 0.2) is 0 Å². The van der Waals surface area contributed by atoms with Crippen molar-refractivity contribution in [2.45, 2.75) is 12.6 Å². The van der Waals surface area contributed by atoms with Crippen molar-refractivity contribution >= 4 is 17.3 Å². The van der Waals surface area contributed by atoms with Crippen LogP contribution in [-0.2, 0) is 0 Å². The number of pyridine rings is 1. The second-order valence-electron chi connectivity index (χ2n) is 2.78. The molecule has 0 unspecified atom stereocenters. The average molecular weight is 241 g/mol. The molecule has 0 fully saturated rings. The number of aromatic nitrogens is 1. The molecule has 0 aliphatic rings. The van der Waals surface area contributed by atoms with Crippen LogP contribution in [-0.4, -0.2) is 17.8 Å². The Morgan fingerprint density at radius 1 is 1.40 bits per heavy atom. The van der Waals surface area contributed by atoms with Crippen LogP contribution in [0.1, 0.15) is 6.42 Å². The first-order valence-corrected chi connectivity index (χ1v) is 4.37. The Morgan fingerprint density at radius 2 is 2.07 bits per heavy atom. The highest BCUT2D eigenvalue weighted by Gasteiger charge is 2.26. The predicted octanol–water partition coefficient (Wildman–Crippen LogP) is 2.65. The molecule has 0 atom stereocenters. The summed E-state index contributed by atoms with van der Waals surface area (Å²) in [6, 6.07) is 2.68. The molecule has 0 amide bonds. The Balaban J connectivity index is 2.51. The average Bonchev–Trinajstić information content (AvgIpc) is 1.99. The minimum atomic E-state index is -4.25. The Bertz CT molecular complexity index is 323. The third kappa shape index (κ3) is 4.73. The number of nitrogens with two attached hydrogens (primary N) is 1. The van der Waals surface area contributed by atoms with Crippen molar-refractivity contribution in [1.29, 1.82) is 0 Å². The zero-order valence-corrected chi connectivity index (χ0v) is 8.27. The van der Waals surface area contributed by atoms with Gasteiger partial charge in [-0.1, -0.05) is 11.6 Å². The molecule has 0 saturated carbocycles. The number of nitrogens with zero attached hydrogens (tertiary/aromatic N) is 1. The summed E-state index contributed by atoms with van der Waals surface area (Å²) >= 11 is 5.53. The molecule has 15 heavy (non-hydrogen) atoms. The summed E-state index contributed by atoms with van der Waals surface area (Å²) in [4.78, 5) is 3.65. The smallest absolute Gasteiger partial charge is 0.392 e. The molecule has 1 heterocycles. The van der Waals surface area contributed by atoms with E-state index in [0.717, 1.165) is 0 Å². The summed E-state index contributed by atoms with van der Waals surface area (Å²) < 4.78 is 40.0. The van der Waals surface area contributed by atoms with Gasteiger partial charge in [0.25, 0.3) is 0 Å². The molecule has 0 radical (unpaired) electrons. The van der Waals surface area contributed by atoms with Crippen LogP contribution in [0, 0.1) is 0 Å². The van der Waals surface area contributed by atoms with Crippen molar-refractivity contribution in [3.05, 3.63) is 17.3 Å². The van der Waals surface area contributed by atoms with Gasteiger partial charge in [0.1, 0.15) is 5.15 Å². The molecule has 1 aromatic heterocycles. The number of alkyl halides is 3. The van der Waals surface area contributed by atoms with E-state index in [4.69, 9.17) is 22.1 Å². The molecule has 0 bridgehead atoms. The van der Waals surface area contributed by atoms with Gasteiger partial charge in [0, 0.05) is 11.8 Å². The second kappa shape index (κ2) is 4.57. The quantitative estimate of drug-likeness (QED) is 0.827. The van der Waals surface area contributed by atoms with Crippen molar-refractivity contribution in [1.82, 2.24) is 4.98 Å². The summed E-state index contributed by atoms with van der Waals surface area (Å²) in [6.45, 7) is -0.504. The van der Waals surface area contributed by atoms with Gasteiger partial charge in [0.2, 0.25) is 5.88 Å². The summed E-state index contributed by atoms with van der Waals surface area (Å²) in [6.07, 6.45) is -5.29. The highest BCUT2D eigenvalue weighted by atomic mass is 35.5. The molecule has 1 rings (SSSR count). The third-order valence-corrected chi connectivity index (χ3v) is 1.62. The van der Waals surface area contributed by atoms with Crippen molar-refractivity contribution in [3.63, 3.8) is 0 Å². The SMILES string of the molecule is Nc1cc(Cl)nc(OCCC(F)(F)F)c1. The van der Waals surface area contributed by atoms with Crippen molar-refractivity contribution < 1.29 is 17.9 Å². The molecule has 3 nitrogen and oxygen atoms in total. The Morgan fingerprint density at radius 3 is 2.60 bits per heavy atom. The van der Waals surface area contributed by atoms with Gasteiger partial charge in [-0.15, -0.1) is 0 Å². The van der Waals surface area contributed by atoms with E-state index in [1.807, 2.05) is 0 Å². The fourth-order valence-corrected chi connectivity index (χ4v) is 1.05. The number of hydrogen-bond donors (Lipinski definition) is 1. The lowest BCUT2D eigenvalue weighted by molar-refractivity contribution is -0.139. The minimum absolute atomic E-state index is 0.00995. The molecular weight excluding hydrogens is 233 g/mol. The van der Waals surface area contributed by atoms with Crippen molar-refractivity contribution in [2.75, 3.05) is 12.3 Å². The Labute approximate surface area is 89.0 Å². The zero-order chi connectivity index (χ0) is 11.5. The maximum absolute atomic E-state index is 11.8. The summed E-state index contributed by atoms with van der Waals surface area (Å²) in [5.41, 5.74) is 5.68. The van der Waals surface area contributed by atoms with E-state index in [-0.39, 0.29) is 16.7 Å². The van der Waals surface area contributed by atoms with E-state index < -0.39 is 19.2 Å². The van der Waals surface area contributed by atoms with E-state index >= 15 is 0 Å². The lowest BCUT2D eigenvalue weighted by Gasteiger charge is -2.08. The van der Waals surface area contributed by atoms with E-state index in [2.05, 4.69) is 4.98 Å². The Hall–Kier alpha value is -1.17. The summed E-state index contributed by atoms with van der Waals surface area (Å²) in [5, 5.41) is 0.0806. The van der Waals surface area contributed by atoms with E-state index in [1.54, 1.807) is 0 Å². The van der Waals surface area contributed by atoms with Crippen LogP contribution in [0.3, 0.4) is 0 Å². The molecule has 0 aliphatic heterocycles. The van der Waals surface area contributed by atoms with Gasteiger partial charge in [-0.2, -0.15) is 13.2 Å². The van der Waals surface area contributed by atoms with Gasteiger partial charge in [0.05, 0.1) is 13.0 Å². The van der Waals surface area contributed by atoms with Crippen LogP contribution in [0.25, 0.3) is 0 Å².